The number of imidazole rings is 1. The summed E-state index contributed by atoms with van der Waals surface area (Å²) in [5.41, 5.74) is 2.68. The second-order valence-corrected chi connectivity index (χ2v) is 7.07. The van der Waals surface area contributed by atoms with Crippen LogP contribution in [0.3, 0.4) is 0 Å². The number of carbonyl (C=O) groups excluding carboxylic acids is 1. The third-order valence-electron chi connectivity index (χ3n) is 5.11. The molecule has 2 aromatic heterocycles. The van der Waals surface area contributed by atoms with Crippen molar-refractivity contribution in [2.24, 2.45) is 0 Å². The summed E-state index contributed by atoms with van der Waals surface area (Å²) in [4.78, 5) is 35.5. The van der Waals surface area contributed by atoms with Gasteiger partial charge in [-0.15, -0.1) is 0 Å². The van der Waals surface area contributed by atoms with Crippen molar-refractivity contribution in [2.45, 2.75) is 44.6 Å². The van der Waals surface area contributed by atoms with Crippen LogP contribution in [0.2, 0.25) is 0 Å². The summed E-state index contributed by atoms with van der Waals surface area (Å²) in [6, 6.07) is 9.50. The number of nitrogens with one attached hydrogen (secondary N) is 3. The van der Waals surface area contributed by atoms with Gasteiger partial charge in [0.2, 0.25) is 0 Å². The normalized spacial score (nSPS) is 20.2. The lowest BCUT2D eigenvalue weighted by Crippen LogP contribution is -2.39. The van der Waals surface area contributed by atoms with Crippen LogP contribution in [0.15, 0.2) is 41.3 Å². The van der Waals surface area contributed by atoms with E-state index in [2.05, 4.69) is 15.3 Å². The summed E-state index contributed by atoms with van der Waals surface area (Å²) in [5.74, 6) is 0.970. The highest BCUT2D eigenvalue weighted by atomic mass is 16.2. The zero-order valence-corrected chi connectivity index (χ0v) is 14.7. The van der Waals surface area contributed by atoms with Crippen LogP contribution < -0.4 is 10.7 Å². The predicted molar refractivity (Wildman–Crippen MR) is 100 cm³/mol. The van der Waals surface area contributed by atoms with Gasteiger partial charge in [-0.05, 0) is 38.3 Å². The first-order valence-corrected chi connectivity index (χ1v) is 9.05. The Labute approximate surface area is 151 Å². The number of fused-ring (bicyclic) bond motifs is 1. The molecule has 2 heterocycles. The summed E-state index contributed by atoms with van der Waals surface area (Å²) in [5, 5.41) is 3.03. The zero-order chi connectivity index (χ0) is 18.1. The van der Waals surface area contributed by atoms with Gasteiger partial charge in [-0.3, -0.25) is 9.59 Å². The van der Waals surface area contributed by atoms with Crippen molar-refractivity contribution in [1.82, 2.24) is 20.3 Å². The Morgan fingerprint density at radius 1 is 1.27 bits per heavy atom. The molecule has 1 amide bonds. The van der Waals surface area contributed by atoms with Gasteiger partial charge in [0.25, 0.3) is 5.91 Å². The number of pyridine rings is 1. The van der Waals surface area contributed by atoms with E-state index in [1.54, 1.807) is 6.92 Å². The molecule has 134 valence electrons. The first kappa shape index (κ1) is 16.6. The lowest BCUT2D eigenvalue weighted by atomic mass is 9.85. The molecule has 3 N–H and O–H groups in total. The molecule has 0 bridgehead atoms. The fourth-order valence-electron chi connectivity index (χ4n) is 3.75. The maximum absolute atomic E-state index is 12.5. The minimum atomic E-state index is -0.304. The lowest BCUT2D eigenvalue weighted by molar-refractivity contribution is 0.0923. The molecule has 0 radical (unpaired) electrons. The SMILES string of the molecule is Cc1cc(=O)c(C(=O)NC2CCCC(c3nc4ccccc4[nH]3)C2)c[nH]1. The molecule has 4 rings (SSSR count). The molecule has 6 nitrogen and oxygen atoms in total. The summed E-state index contributed by atoms with van der Waals surface area (Å²) in [7, 11) is 0. The van der Waals surface area contributed by atoms with Crippen LogP contribution in [0, 0.1) is 6.92 Å². The smallest absolute Gasteiger partial charge is 0.256 e. The Morgan fingerprint density at radius 3 is 2.92 bits per heavy atom. The third kappa shape index (κ3) is 3.27. The molecule has 0 aliphatic heterocycles. The van der Waals surface area contributed by atoms with E-state index in [0.29, 0.717) is 0 Å². The topological polar surface area (TPSA) is 90.6 Å². The van der Waals surface area contributed by atoms with Crippen molar-refractivity contribution in [2.75, 3.05) is 0 Å². The molecule has 2 unspecified atom stereocenters. The molecule has 2 atom stereocenters. The number of para-hydroxylation sites is 2. The number of H-pyrrole nitrogens is 2. The van der Waals surface area contributed by atoms with Crippen LogP contribution in [-0.2, 0) is 0 Å². The molecule has 0 spiro atoms. The van der Waals surface area contributed by atoms with Gasteiger partial charge >= 0.3 is 0 Å². The van der Waals surface area contributed by atoms with Crippen molar-refractivity contribution in [1.29, 1.82) is 0 Å². The standard InChI is InChI=1S/C20H22N4O2/c1-12-9-18(25)15(11-21-12)20(26)22-14-6-4-5-13(10-14)19-23-16-7-2-3-8-17(16)24-19/h2-3,7-9,11,13-14H,4-6,10H2,1H3,(H,21,25)(H,22,26)(H,23,24). The highest BCUT2D eigenvalue weighted by Gasteiger charge is 2.27. The molecular formula is C20H22N4O2. The molecule has 1 aliphatic rings. The zero-order valence-electron chi connectivity index (χ0n) is 14.7. The number of nitrogens with zero attached hydrogens (tertiary/aromatic N) is 1. The lowest BCUT2D eigenvalue weighted by Gasteiger charge is -2.28. The number of aromatic nitrogens is 3. The summed E-state index contributed by atoms with van der Waals surface area (Å²) >= 11 is 0. The minimum Gasteiger partial charge on any atom is -0.364 e. The van der Waals surface area contributed by atoms with Gasteiger partial charge in [0.1, 0.15) is 11.4 Å². The number of carbonyl (C=O) groups is 1. The molecule has 0 saturated heterocycles. The van der Waals surface area contributed by atoms with Crippen LogP contribution in [0.4, 0.5) is 0 Å². The summed E-state index contributed by atoms with van der Waals surface area (Å²) in [6.07, 6.45) is 5.32. The van der Waals surface area contributed by atoms with Crippen LogP contribution in [0.1, 0.15) is 53.5 Å². The Bertz CT molecular complexity index is 971. The van der Waals surface area contributed by atoms with Gasteiger partial charge in [0, 0.05) is 29.9 Å². The van der Waals surface area contributed by atoms with Crippen molar-refractivity contribution < 1.29 is 4.79 Å². The van der Waals surface area contributed by atoms with Crippen molar-refractivity contribution in [3.63, 3.8) is 0 Å². The van der Waals surface area contributed by atoms with E-state index in [4.69, 9.17) is 4.98 Å². The third-order valence-corrected chi connectivity index (χ3v) is 5.11. The highest BCUT2D eigenvalue weighted by Crippen LogP contribution is 2.32. The minimum absolute atomic E-state index is 0.0511. The maximum Gasteiger partial charge on any atom is 0.256 e. The maximum atomic E-state index is 12.5. The molecule has 1 aliphatic carbocycles. The van der Waals surface area contributed by atoms with Crippen LogP contribution in [0.25, 0.3) is 11.0 Å². The number of benzene rings is 1. The largest absolute Gasteiger partial charge is 0.364 e. The number of aromatic amines is 2. The number of hydrogen-bond donors (Lipinski definition) is 3. The van der Waals surface area contributed by atoms with Crippen LogP contribution >= 0.6 is 0 Å². The van der Waals surface area contributed by atoms with Gasteiger partial charge in [-0.1, -0.05) is 18.6 Å². The van der Waals surface area contributed by atoms with Crippen molar-refractivity contribution in [3.05, 3.63) is 63.8 Å². The molecule has 1 saturated carbocycles. The predicted octanol–water partition coefficient (Wildman–Crippen LogP) is 3.02. The molecule has 3 aromatic rings. The number of amides is 1. The van der Waals surface area contributed by atoms with E-state index in [1.807, 2.05) is 24.3 Å². The Morgan fingerprint density at radius 2 is 2.12 bits per heavy atom. The molecule has 1 aromatic carbocycles. The first-order chi connectivity index (χ1) is 12.6. The van der Waals surface area contributed by atoms with Crippen LogP contribution in [0.5, 0.6) is 0 Å². The Kier molecular flexibility index (Phi) is 4.32. The number of hydrogen-bond acceptors (Lipinski definition) is 3. The monoisotopic (exact) mass is 350 g/mol. The van der Waals surface area contributed by atoms with Crippen molar-refractivity contribution >= 4 is 16.9 Å². The van der Waals surface area contributed by atoms with E-state index in [-0.39, 0.29) is 28.9 Å². The van der Waals surface area contributed by atoms with Crippen LogP contribution in [-0.4, -0.2) is 26.9 Å². The van der Waals surface area contributed by atoms with Gasteiger partial charge < -0.3 is 15.3 Å². The number of rotatable bonds is 3. The molecule has 6 heteroatoms. The average Bonchev–Trinajstić information content (AvgIpc) is 3.06. The fraction of sp³-hybridized carbons (Fsp3) is 0.350. The second kappa shape index (κ2) is 6.78. The van der Waals surface area contributed by atoms with Gasteiger partial charge in [0.15, 0.2) is 5.43 Å². The molecule has 26 heavy (non-hydrogen) atoms. The Balaban J connectivity index is 1.48. The first-order valence-electron chi connectivity index (χ1n) is 9.05. The quantitative estimate of drug-likeness (QED) is 0.678. The number of aryl methyl sites for hydroxylation is 1. The fourth-order valence-corrected chi connectivity index (χ4v) is 3.75. The van der Waals surface area contributed by atoms with E-state index in [1.165, 1.54) is 12.3 Å². The van der Waals surface area contributed by atoms with Crippen molar-refractivity contribution in [3.8, 4) is 0 Å². The summed E-state index contributed by atoms with van der Waals surface area (Å²) in [6.45, 7) is 1.79. The molecule has 1 fully saturated rings. The van der Waals surface area contributed by atoms with E-state index >= 15 is 0 Å². The molecular weight excluding hydrogens is 328 g/mol. The second-order valence-electron chi connectivity index (χ2n) is 7.07. The van der Waals surface area contributed by atoms with E-state index in [9.17, 15) is 9.59 Å². The van der Waals surface area contributed by atoms with Gasteiger partial charge in [-0.2, -0.15) is 0 Å². The summed E-state index contributed by atoms with van der Waals surface area (Å²) < 4.78 is 0. The van der Waals surface area contributed by atoms with Gasteiger partial charge in [-0.25, -0.2) is 4.98 Å². The van der Waals surface area contributed by atoms with E-state index < -0.39 is 0 Å². The highest BCUT2D eigenvalue weighted by molar-refractivity contribution is 5.94. The average molecular weight is 350 g/mol. The van der Waals surface area contributed by atoms with Gasteiger partial charge in [0.05, 0.1) is 11.0 Å². The Hall–Kier alpha value is -2.89. The van der Waals surface area contributed by atoms with E-state index in [0.717, 1.165) is 48.2 Å².